The van der Waals surface area contributed by atoms with Gasteiger partial charge >= 0.3 is 0 Å². The summed E-state index contributed by atoms with van der Waals surface area (Å²) in [6, 6.07) is 1.66. The van der Waals surface area contributed by atoms with E-state index < -0.39 is 0 Å². The SMILES string of the molecule is CCc1nc(Cl)cc(Cl)c1C. The van der Waals surface area contributed by atoms with Crippen molar-refractivity contribution in [2.75, 3.05) is 0 Å². The van der Waals surface area contributed by atoms with Gasteiger partial charge in [-0.15, -0.1) is 0 Å². The zero-order valence-corrected chi connectivity index (χ0v) is 8.00. The summed E-state index contributed by atoms with van der Waals surface area (Å²) in [5, 5.41) is 1.17. The molecule has 0 aliphatic carbocycles. The minimum atomic E-state index is 0.470. The molecule has 0 N–H and O–H groups in total. The highest BCUT2D eigenvalue weighted by atomic mass is 35.5. The Balaban J connectivity index is 3.24. The van der Waals surface area contributed by atoms with Crippen LogP contribution in [0, 0.1) is 6.92 Å². The molecule has 1 heterocycles. The van der Waals surface area contributed by atoms with Crippen LogP contribution in [0.25, 0.3) is 0 Å². The third kappa shape index (κ3) is 1.85. The average Bonchev–Trinajstić information content (AvgIpc) is 1.96. The smallest absolute Gasteiger partial charge is 0.130 e. The van der Waals surface area contributed by atoms with E-state index in [-0.39, 0.29) is 0 Å². The highest BCUT2D eigenvalue weighted by Gasteiger charge is 2.03. The van der Waals surface area contributed by atoms with Gasteiger partial charge in [-0.05, 0) is 25.0 Å². The van der Waals surface area contributed by atoms with Crippen LogP contribution in [0.3, 0.4) is 0 Å². The van der Waals surface area contributed by atoms with Crippen molar-refractivity contribution in [3.05, 3.63) is 27.5 Å². The molecule has 0 aliphatic heterocycles. The van der Waals surface area contributed by atoms with E-state index in [0.717, 1.165) is 17.7 Å². The third-order valence-electron chi connectivity index (χ3n) is 1.61. The van der Waals surface area contributed by atoms with Gasteiger partial charge in [0.1, 0.15) is 5.15 Å². The molecule has 0 spiro atoms. The first-order valence-corrected chi connectivity index (χ1v) is 4.22. The summed E-state index contributed by atoms with van der Waals surface area (Å²) in [5.41, 5.74) is 2.00. The lowest BCUT2D eigenvalue weighted by Crippen LogP contribution is -1.92. The van der Waals surface area contributed by atoms with Crippen LogP contribution < -0.4 is 0 Å². The van der Waals surface area contributed by atoms with E-state index in [0.29, 0.717) is 10.2 Å². The highest BCUT2D eigenvalue weighted by Crippen LogP contribution is 2.21. The minimum Gasteiger partial charge on any atom is -0.241 e. The number of rotatable bonds is 1. The molecule has 1 nitrogen and oxygen atoms in total. The molecule has 0 unspecified atom stereocenters. The zero-order chi connectivity index (χ0) is 8.43. The lowest BCUT2D eigenvalue weighted by molar-refractivity contribution is 1.01. The number of aromatic nitrogens is 1. The molecule has 0 aliphatic rings. The lowest BCUT2D eigenvalue weighted by atomic mass is 10.2. The standard InChI is InChI=1S/C8H9Cl2N/c1-3-7-5(2)6(9)4-8(10)11-7/h4H,3H2,1-2H3. The van der Waals surface area contributed by atoms with Gasteiger partial charge in [0.2, 0.25) is 0 Å². The molecule has 0 radical (unpaired) electrons. The van der Waals surface area contributed by atoms with Crippen molar-refractivity contribution >= 4 is 23.2 Å². The summed E-state index contributed by atoms with van der Waals surface area (Å²) in [4.78, 5) is 4.13. The van der Waals surface area contributed by atoms with Crippen molar-refractivity contribution in [3.63, 3.8) is 0 Å². The molecule has 0 amide bonds. The topological polar surface area (TPSA) is 12.9 Å². The zero-order valence-electron chi connectivity index (χ0n) is 6.49. The fourth-order valence-corrected chi connectivity index (χ4v) is 1.42. The molecule has 11 heavy (non-hydrogen) atoms. The molecule has 0 fully saturated rings. The molecular formula is C8H9Cl2N. The third-order valence-corrected chi connectivity index (χ3v) is 2.20. The van der Waals surface area contributed by atoms with Gasteiger partial charge in [-0.1, -0.05) is 30.1 Å². The summed E-state index contributed by atoms with van der Waals surface area (Å²) in [7, 11) is 0. The number of nitrogens with zero attached hydrogens (tertiary/aromatic N) is 1. The van der Waals surface area contributed by atoms with Crippen molar-refractivity contribution in [3.8, 4) is 0 Å². The van der Waals surface area contributed by atoms with Crippen LogP contribution in [-0.2, 0) is 6.42 Å². The predicted octanol–water partition coefficient (Wildman–Crippen LogP) is 3.26. The van der Waals surface area contributed by atoms with Crippen LogP contribution in [0.5, 0.6) is 0 Å². The van der Waals surface area contributed by atoms with E-state index in [1.165, 1.54) is 0 Å². The lowest BCUT2D eigenvalue weighted by Gasteiger charge is -2.03. The first-order valence-electron chi connectivity index (χ1n) is 3.46. The van der Waals surface area contributed by atoms with Gasteiger partial charge < -0.3 is 0 Å². The predicted molar refractivity (Wildman–Crippen MR) is 48.4 cm³/mol. The first kappa shape index (κ1) is 8.82. The molecule has 0 atom stereocenters. The van der Waals surface area contributed by atoms with Crippen LogP contribution in [0.1, 0.15) is 18.2 Å². The fraction of sp³-hybridized carbons (Fsp3) is 0.375. The molecule has 0 saturated carbocycles. The van der Waals surface area contributed by atoms with Crippen LogP contribution in [0.4, 0.5) is 0 Å². The average molecular weight is 190 g/mol. The molecule has 0 aromatic carbocycles. The molecule has 1 aromatic rings. The van der Waals surface area contributed by atoms with Crippen molar-refractivity contribution in [2.45, 2.75) is 20.3 Å². The van der Waals surface area contributed by atoms with Gasteiger partial charge in [0, 0.05) is 10.7 Å². The van der Waals surface area contributed by atoms with E-state index in [4.69, 9.17) is 23.2 Å². The van der Waals surface area contributed by atoms with Gasteiger partial charge in [0.25, 0.3) is 0 Å². The van der Waals surface area contributed by atoms with E-state index in [1.807, 2.05) is 13.8 Å². The number of hydrogen-bond donors (Lipinski definition) is 0. The second kappa shape index (κ2) is 3.42. The molecule has 0 saturated heterocycles. The highest BCUT2D eigenvalue weighted by molar-refractivity contribution is 6.34. The number of pyridine rings is 1. The van der Waals surface area contributed by atoms with E-state index in [9.17, 15) is 0 Å². The van der Waals surface area contributed by atoms with E-state index in [2.05, 4.69) is 4.98 Å². The maximum absolute atomic E-state index is 5.87. The quantitative estimate of drug-likeness (QED) is 0.619. The Labute approximate surface area is 76.4 Å². The van der Waals surface area contributed by atoms with Crippen molar-refractivity contribution in [2.24, 2.45) is 0 Å². The molecule has 3 heteroatoms. The fourth-order valence-electron chi connectivity index (χ4n) is 0.940. The van der Waals surface area contributed by atoms with Gasteiger partial charge in [0.05, 0.1) is 0 Å². The largest absolute Gasteiger partial charge is 0.241 e. The summed E-state index contributed by atoms with van der Waals surface area (Å²) >= 11 is 11.6. The Kier molecular flexibility index (Phi) is 2.74. The van der Waals surface area contributed by atoms with Gasteiger partial charge in [-0.25, -0.2) is 4.98 Å². The van der Waals surface area contributed by atoms with Gasteiger partial charge in [-0.2, -0.15) is 0 Å². The van der Waals surface area contributed by atoms with Crippen molar-refractivity contribution < 1.29 is 0 Å². The Bertz CT molecular complexity index is 271. The van der Waals surface area contributed by atoms with Crippen LogP contribution in [-0.4, -0.2) is 4.98 Å². The Morgan fingerprint density at radius 2 is 2.09 bits per heavy atom. The number of halogens is 2. The van der Waals surface area contributed by atoms with E-state index >= 15 is 0 Å². The minimum absolute atomic E-state index is 0.470. The van der Waals surface area contributed by atoms with Gasteiger partial charge in [0.15, 0.2) is 0 Å². The number of aryl methyl sites for hydroxylation is 1. The van der Waals surface area contributed by atoms with Crippen LogP contribution >= 0.6 is 23.2 Å². The van der Waals surface area contributed by atoms with Gasteiger partial charge in [-0.3, -0.25) is 0 Å². The Morgan fingerprint density at radius 1 is 1.45 bits per heavy atom. The number of hydrogen-bond acceptors (Lipinski definition) is 1. The molecule has 60 valence electrons. The normalized spacial score (nSPS) is 10.2. The van der Waals surface area contributed by atoms with E-state index in [1.54, 1.807) is 6.07 Å². The monoisotopic (exact) mass is 189 g/mol. The maximum atomic E-state index is 5.87. The van der Waals surface area contributed by atoms with Crippen LogP contribution in [0.15, 0.2) is 6.07 Å². The summed E-state index contributed by atoms with van der Waals surface area (Å²) in [6.45, 7) is 3.98. The first-order chi connectivity index (χ1) is 5.15. The summed E-state index contributed by atoms with van der Waals surface area (Å²) < 4.78 is 0. The second-order valence-corrected chi connectivity index (χ2v) is 3.15. The Morgan fingerprint density at radius 3 is 2.64 bits per heavy atom. The summed E-state index contributed by atoms with van der Waals surface area (Å²) in [5.74, 6) is 0. The molecule has 0 bridgehead atoms. The van der Waals surface area contributed by atoms with Crippen LogP contribution in [0.2, 0.25) is 10.2 Å². The van der Waals surface area contributed by atoms with Crippen molar-refractivity contribution in [1.82, 2.24) is 4.98 Å². The molecule has 1 rings (SSSR count). The Hall–Kier alpha value is -0.270. The maximum Gasteiger partial charge on any atom is 0.130 e. The summed E-state index contributed by atoms with van der Waals surface area (Å²) in [6.07, 6.45) is 0.867. The molecular weight excluding hydrogens is 181 g/mol. The van der Waals surface area contributed by atoms with Crippen molar-refractivity contribution in [1.29, 1.82) is 0 Å². The second-order valence-electron chi connectivity index (χ2n) is 2.35. The molecule has 1 aromatic heterocycles.